The van der Waals surface area contributed by atoms with Gasteiger partial charge < -0.3 is 10.2 Å². The highest BCUT2D eigenvalue weighted by atomic mass is 16.6. The summed E-state index contributed by atoms with van der Waals surface area (Å²) in [6.45, 7) is 5.49. The summed E-state index contributed by atoms with van der Waals surface area (Å²) < 4.78 is 0. The van der Waals surface area contributed by atoms with E-state index in [0.29, 0.717) is 19.6 Å². The van der Waals surface area contributed by atoms with Crippen molar-refractivity contribution in [3.05, 3.63) is 28.4 Å². The van der Waals surface area contributed by atoms with E-state index in [4.69, 9.17) is 0 Å². The predicted molar refractivity (Wildman–Crippen MR) is 71.9 cm³/mol. The molecule has 0 aromatic carbocycles. The number of pyridine rings is 1. The van der Waals surface area contributed by atoms with Crippen LogP contribution in [-0.2, 0) is 4.79 Å². The molecular weight excluding hydrogens is 248 g/mol. The van der Waals surface area contributed by atoms with Crippen molar-refractivity contribution in [2.45, 2.75) is 20.3 Å². The Bertz CT molecular complexity index is 446. The summed E-state index contributed by atoms with van der Waals surface area (Å²) in [5, 5.41) is 13.6. The number of amides is 1. The Morgan fingerprint density at radius 1 is 1.47 bits per heavy atom. The Hall–Kier alpha value is -2.18. The molecule has 1 aromatic rings. The normalized spacial score (nSPS) is 10.0. The first-order valence-electron chi connectivity index (χ1n) is 6.21. The maximum Gasteiger partial charge on any atom is 0.311 e. The van der Waals surface area contributed by atoms with Gasteiger partial charge in [0, 0.05) is 38.3 Å². The fourth-order valence-electron chi connectivity index (χ4n) is 1.70. The van der Waals surface area contributed by atoms with Gasteiger partial charge in [-0.05, 0) is 19.9 Å². The maximum atomic E-state index is 11.7. The van der Waals surface area contributed by atoms with E-state index in [1.165, 1.54) is 18.3 Å². The molecule has 0 aliphatic heterocycles. The third-order valence-electron chi connectivity index (χ3n) is 2.73. The van der Waals surface area contributed by atoms with Crippen LogP contribution in [0.25, 0.3) is 0 Å². The van der Waals surface area contributed by atoms with Crippen LogP contribution in [0.4, 0.5) is 11.5 Å². The number of carbonyl (C=O) groups excluding carboxylic acids is 1. The van der Waals surface area contributed by atoms with Gasteiger partial charge in [0.2, 0.25) is 11.7 Å². The lowest BCUT2D eigenvalue weighted by molar-refractivity contribution is -0.384. The molecule has 0 spiro atoms. The lowest BCUT2D eigenvalue weighted by atomic mass is 10.3. The van der Waals surface area contributed by atoms with E-state index in [2.05, 4.69) is 10.3 Å². The van der Waals surface area contributed by atoms with Crippen molar-refractivity contribution in [2.24, 2.45) is 0 Å². The highest BCUT2D eigenvalue weighted by Gasteiger charge is 2.14. The van der Waals surface area contributed by atoms with Crippen molar-refractivity contribution in [1.82, 2.24) is 9.88 Å². The monoisotopic (exact) mass is 266 g/mol. The molecule has 1 heterocycles. The molecular formula is C12H18N4O3. The zero-order valence-corrected chi connectivity index (χ0v) is 11.1. The molecule has 0 aliphatic carbocycles. The second-order valence-corrected chi connectivity index (χ2v) is 3.87. The fourth-order valence-corrected chi connectivity index (χ4v) is 1.70. The van der Waals surface area contributed by atoms with Gasteiger partial charge in [0.15, 0.2) is 0 Å². The number of nitrogens with one attached hydrogen (secondary N) is 1. The third-order valence-corrected chi connectivity index (χ3v) is 2.73. The van der Waals surface area contributed by atoms with E-state index in [0.717, 1.165) is 0 Å². The van der Waals surface area contributed by atoms with Crippen molar-refractivity contribution in [2.75, 3.05) is 25.0 Å². The molecule has 104 valence electrons. The Labute approximate surface area is 111 Å². The first-order valence-corrected chi connectivity index (χ1v) is 6.21. The molecule has 1 aromatic heterocycles. The highest BCUT2D eigenvalue weighted by molar-refractivity contribution is 5.76. The molecule has 7 nitrogen and oxygen atoms in total. The average molecular weight is 266 g/mol. The minimum Gasteiger partial charge on any atom is -0.364 e. The fraction of sp³-hybridized carbons (Fsp3) is 0.500. The topological polar surface area (TPSA) is 88.4 Å². The SMILES string of the molecule is CCN(CC)C(=O)CCNc1ncccc1[N+](=O)[O-]. The molecule has 1 N–H and O–H groups in total. The molecule has 0 bridgehead atoms. The second kappa shape index (κ2) is 7.30. The minimum absolute atomic E-state index is 0.0242. The lowest BCUT2D eigenvalue weighted by Gasteiger charge is -2.18. The summed E-state index contributed by atoms with van der Waals surface area (Å²) >= 11 is 0. The molecule has 0 saturated heterocycles. The maximum absolute atomic E-state index is 11.7. The number of hydrogen-bond donors (Lipinski definition) is 1. The van der Waals surface area contributed by atoms with E-state index in [1.54, 1.807) is 4.90 Å². The molecule has 7 heteroatoms. The number of aromatic nitrogens is 1. The van der Waals surface area contributed by atoms with Crippen LogP contribution in [0, 0.1) is 10.1 Å². The van der Waals surface area contributed by atoms with Crippen LogP contribution < -0.4 is 5.32 Å². The molecule has 0 aliphatic rings. The second-order valence-electron chi connectivity index (χ2n) is 3.87. The van der Waals surface area contributed by atoms with Crippen molar-refractivity contribution in [3.8, 4) is 0 Å². The van der Waals surface area contributed by atoms with Crippen LogP contribution in [0.5, 0.6) is 0 Å². The number of hydrogen-bond acceptors (Lipinski definition) is 5. The number of anilines is 1. The van der Waals surface area contributed by atoms with Crippen LogP contribution in [0.1, 0.15) is 20.3 Å². The van der Waals surface area contributed by atoms with E-state index in [9.17, 15) is 14.9 Å². The van der Waals surface area contributed by atoms with Crippen molar-refractivity contribution in [1.29, 1.82) is 0 Å². The first kappa shape index (κ1) is 14.9. The quantitative estimate of drug-likeness (QED) is 0.599. The van der Waals surface area contributed by atoms with Gasteiger partial charge >= 0.3 is 5.69 Å². The Kier molecular flexibility index (Phi) is 5.72. The predicted octanol–water partition coefficient (Wildman–Crippen LogP) is 1.66. The largest absolute Gasteiger partial charge is 0.364 e. The van der Waals surface area contributed by atoms with Crippen LogP contribution >= 0.6 is 0 Å². The van der Waals surface area contributed by atoms with Crippen molar-refractivity contribution in [3.63, 3.8) is 0 Å². The Morgan fingerprint density at radius 2 is 2.16 bits per heavy atom. The summed E-state index contributed by atoms with van der Waals surface area (Å²) in [5.41, 5.74) is -0.0854. The average Bonchev–Trinajstić information content (AvgIpc) is 2.40. The summed E-state index contributed by atoms with van der Waals surface area (Å²) in [5.74, 6) is 0.218. The van der Waals surface area contributed by atoms with Gasteiger partial charge in [-0.1, -0.05) is 0 Å². The van der Waals surface area contributed by atoms with Gasteiger partial charge in [-0.2, -0.15) is 0 Å². The van der Waals surface area contributed by atoms with Gasteiger partial charge in [0.25, 0.3) is 0 Å². The molecule has 1 amide bonds. The number of rotatable bonds is 7. The zero-order valence-electron chi connectivity index (χ0n) is 11.1. The van der Waals surface area contributed by atoms with Crippen LogP contribution in [0.2, 0.25) is 0 Å². The van der Waals surface area contributed by atoms with Gasteiger partial charge in [-0.15, -0.1) is 0 Å². The number of carbonyl (C=O) groups is 1. The third kappa shape index (κ3) is 4.20. The summed E-state index contributed by atoms with van der Waals surface area (Å²) in [4.78, 5) is 27.6. The van der Waals surface area contributed by atoms with Gasteiger partial charge in [0.05, 0.1) is 4.92 Å². The van der Waals surface area contributed by atoms with Crippen molar-refractivity contribution >= 4 is 17.4 Å². The Balaban J connectivity index is 2.54. The van der Waals surface area contributed by atoms with Crippen LogP contribution in [0.3, 0.4) is 0 Å². The smallest absolute Gasteiger partial charge is 0.311 e. The van der Waals surface area contributed by atoms with Gasteiger partial charge in [-0.25, -0.2) is 4.98 Å². The lowest BCUT2D eigenvalue weighted by Crippen LogP contribution is -2.31. The number of nitro groups is 1. The van der Waals surface area contributed by atoms with Crippen LogP contribution in [0.15, 0.2) is 18.3 Å². The minimum atomic E-state index is -0.498. The molecule has 0 saturated carbocycles. The molecule has 0 radical (unpaired) electrons. The zero-order chi connectivity index (χ0) is 14.3. The number of nitrogens with zero attached hydrogens (tertiary/aromatic N) is 3. The standard InChI is InChI=1S/C12H18N4O3/c1-3-15(4-2)11(17)7-9-14-12-10(16(18)19)6-5-8-13-12/h5-6,8H,3-4,7,9H2,1-2H3,(H,13,14). The molecule has 1 rings (SSSR count). The molecule has 19 heavy (non-hydrogen) atoms. The van der Waals surface area contributed by atoms with E-state index < -0.39 is 4.92 Å². The molecule has 0 unspecified atom stereocenters. The Morgan fingerprint density at radius 3 is 2.74 bits per heavy atom. The van der Waals surface area contributed by atoms with E-state index in [1.807, 2.05) is 13.8 Å². The summed E-state index contributed by atoms with van der Waals surface area (Å²) in [7, 11) is 0. The molecule has 0 atom stereocenters. The molecule has 0 fully saturated rings. The highest BCUT2D eigenvalue weighted by Crippen LogP contribution is 2.19. The van der Waals surface area contributed by atoms with Crippen molar-refractivity contribution < 1.29 is 9.72 Å². The van der Waals surface area contributed by atoms with Gasteiger partial charge in [-0.3, -0.25) is 14.9 Å². The summed E-state index contributed by atoms with van der Waals surface area (Å²) in [6, 6.07) is 2.88. The van der Waals surface area contributed by atoms with E-state index in [-0.39, 0.29) is 23.8 Å². The van der Waals surface area contributed by atoms with E-state index >= 15 is 0 Å². The van der Waals surface area contributed by atoms with Gasteiger partial charge in [0.1, 0.15) is 0 Å². The first-order chi connectivity index (χ1) is 9.10. The van der Waals surface area contributed by atoms with Crippen LogP contribution in [-0.4, -0.2) is 40.3 Å². The summed E-state index contributed by atoms with van der Waals surface area (Å²) in [6.07, 6.45) is 1.76.